The molecular formula is C25H28N4O3. The van der Waals surface area contributed by atoms with Crippen LogP contribution in [0.1, 0.15) is 41.8 Å². The lowest BCUT2D eigenvalue weighted by atomic mass is 9.98. The molecule has 1 atom stereocenters. The third-order valence-corrected chi connectivity index (χ3v) is 5.67. The van der Waals surface area contributed by atoms with E-state index in [9.17, 15) is 9.59 Å². The van der Waals surface area contributed by atoms with Crippen molar-refractivity contribution in [2.45, 2.75) is 32.6 Å². The number of hydrogen-bond acceptors (Lipinski definition) is 5. The first-order chi connectivity index (χ1) is 15.7. The molecule has 1 aliphatic rings. The number of benzene rings is 2. The molecule has 7 heteroatoms. The molecule has 2 aromatic carbocycles. The van der Waals surface area contributed by atoms with Crippen LogP contribution in [0.4, 0.5) is 0 Å². The van der Waals surface area contributed by atoms with E-state index in [1.54, 1.807) is 16.5 Å². The average molecular weight is 433 g/mol. The summed E-state index contributed by atoms with van der Waals surface area (Å²) in [5.74, 6) is 0.135. The molecule has 0 N–H and O–H groups in total. The topological polar surface area (TPSA) is 77.3 Å². The zero-order valence-electron chi connectivity index (χ0n) is 18.3. The van der Waals surface area contributed by atoms with Crippen molar-refractivity contribution in [3.8, 4) is 5.69 Å². The molecule has 2 heterocycles. The fourth-order valence-electron chi connectivity index (χ4n) is 4.03. The van der Waals surface area contributed by atoms with Crippen LogP contribution in [-0.2, 0) is 22.4 Å². The normalized spacial score (nSPS) is 16.0. The monoisotopic (exact) mass is 432 g/mol. The highest BCUT2D eigenvalue weighted by Crippen LogP contribution is 2.20. The number of carbonyl (C=O) groups excluding carboxylic acids is 2. The van der Waals surface area contributed by atoms with Crippen molar-refractivity contribution >= 4 is 11.9 Å². The number of aromatic nitrogens is 3. The van der Waals surface area contributed by atoms with Gasteiger partial charge in [-0.25, -0.2) is 9.67 Å². The summed E-state index contributed by atoms with van der Waals surface area (Å²) in [7, 11) is 0. The van der Waals surface area contributed by atoms with Crippen LogP contribution in [-0.4, -0.2) is 51.2 Å². The van der Waals surface area contributed by atoms with Gasteiger partial charge in [-0.1, -0.05) is 48.5 Å². The number of piperidine rings is 1. The van der Waals surface area contributed by atoms with Crippen molar-refractivity contribution in [3.05, 3.63) is 77.9 Å². The SMILES string of the molecule is CCOC(=O)[C@H]1CCCN(C(=O)c2nc(CCc3ccccc3)n(-c3ccccc3)n2)C1. The number of amides is 1. The third kappa shape index (κ3) is 5.04. The Labute approximate surface area is 188 Å². The minimum atomic E-state index is -0.290. The van der Waals surface area contributed by atoms with Crippen LogP contribution >= 0.6 is 0 Å². The van der Waals surface area contributed by atoms with Gasteiger partial charge in [0.05, 0.1) is 18.2 Å². The summed E-state index contributed by atoms with van der Waals surface area (Å²) in [6, 6.07) is 19.9. The van der Waals surface area contributed by atoms with Gasteiger partial charge in [-0.05, 0) is 43.9 Å². The minimum absolute atomic E-state index is 0.168. The van der Waals surface area contributed by atoms with Crippen molar-refractivity contribution in [1.29, 1.82) is 0 Å². The van der Waals surface area contributed by atoms with Crippen LogP contribution < -0.4 is 0 Å². The lowest BCUT2D eigenvalue weighted by molar-refractivity contribution is -0.149. The van der Waals surface area contributed by atoms with E-state index >= 15 is 0 Å². The molecule has 166 valence electrons. The molecule has 0 aliphatic carbocycles. The van der Waals surface area contributed by atoms with Gasteiger partial charge in [0.25, 0.3) is 5.91 Å². The zero-order chi connectivity index (χ0) is 22.3. The largest absolute Gasteiger partial charge is 0.466 e. The number of aryl methyl sites for hydroxylation is 2. The molecule has 3 aromatic rings. The highest BCUT2D eigenvalue weighted by Gasteiger charge is 2.31. The Kier molecular flexibility index (Phi) is 6.94. The van der Waals surface area contributed by atoms with E-state index in [-0.39, 0.29) is 23.6 Å². The standard InChI is InChI=1S/C25H28N4O3/c1-2-32-25(31)20-12-9-17-28(18-20)24(30)23-26-22(16-15-19-10-5-3-6-11-19)29(27-23)21-13-7-4-8-14-21/h3-8,10-11,13-14,20H,2,9,12,15-18H2,1H3/t20-/m0/s1. The predicted molar refractivity (Wildman–Crippen MR) is 120 cm³/mol. The fraction of sp³-hybridized carbons (Fsp3) is 0.360. The Morgan fingerprint density at radius 1 is 1.03 bits per heavy atom. The molecule has 1 amide bonds. The molecular weight excluding hydrogens is 404 g/mol. The van der Waals surface area contributed by atoms with Gasteiger partial charge >= 0.3 is 5.97 Å². The van der Waals surface area contributed by atoms with Gasteiger partial charge in [-0.3, -0.25) is 9.59 Å². The molecule has 1 aliphatic heterocycles. The van der Waals surface area contributed by atoms with Crippen molar-refractivity contribution < 1.29 is 14.3 Å². The number of carbonyl (C=O) groups is 2. The second kappa shape index (κ2) is 10.2. The Balaban J connectivity index is 1.56. The summed E-state index contributed by atoms with van der Waals surface area (Å²) in [5.41, 5.74) is 2.07. The Morgan fingerprint density at radius 2 is 1.75 bits per heavy atom. The summed E-state index contributed by atoms with van der Waals surface area (Å²) < 4.78 is 6.91. The van der Waals surface area contributed by atoms with Crippen molar-refractivity contribution in [2.24, 2.45) is 5.92 Å². The summed E-state index contributed by atoms with van der Waals surface area (Å²) >= 11 is 0. The van der Waals surface area contributed by atoms with Crippen molar-refractivity contribution in [3.63, 3.8) is 0 Å². The van der Waals surface area contributed by atoms with E-state index in [4.69, 9.17) is 4.74 Å². The number of rotatable bonds is 7. The van der Waals surface area contributed by atoms with Crippen molar-refractivity contribution in [2.75, 3.05) is 19.7 Å². The number of nitrogens with zero attached hydrogens (tertiary/aromatic N) is 4. The first-order valence-electron chi connectivity index (χ1n) is 11.2. The molecule has 7 nitrogen and oxygen atoms in total. The molecule has 0 spiro atoms. The smallest absolute Gasteiger partial charge is 0.310 e. The van der Waals surface area contributed by atoms with E-state index in [2.05, 4.69) is 22.2 Å². The van der Waals surface area contributed by atoms with E-state index in [1.807, 2.05) is 48.5 Å². The van der Waals surface area contributed by atoms with Crippen LogP contribution in [0, 0.1) is 5.92 Å². The number of hydrogen-bond donors (Lipinski definition) is 0. The molecule has 1 fully saturated rings. The van der Waals surface area contributed by atoms with Gasteiger partial charge in [0, 0.05) is 19.5 Å². The number of likely N-dealkylation sites (tertiary alicyclic amines) is 1. The Morgan fingerprint density at radius 3 is 2.47 bits per heavy atom. The van der Waals surface area contributed by atoms with Gasteiger partial charge in [0.2, 0.25) is 5.82 Å². The zero-order valence-corrected chi connectivity index (χ0v) is 18.3. The summed E-state index contributed by atoms with van der Waals surface area (Å²) in [4.78, 5) is 31.7. The van der Waals surface area contributed by atoms with Crippen LogP contribution in [0.2, 0.25) is 0 Å². The van der Waals surface area contributed by atoms with Gasteiger partial charge in [0.1, 0.15) is 5.82 Å². The fourth-order valence-corrected chi connectivity index (χ4v) is 4.03. The van der Waals surface area contributed by atoms with E-state index in [0.717, 1.165) is 30.8 Å². The lowest BCUT2D eigenvalue weighted by Gasteiger charge is -2.30. The molecule has 0 unspecified atom stereocenters. The maximum absolute atomic E-state index is 13.2. The number of ether oxygens (including phenoxy) is 1. The van der Waals surface area contributed by atoms with Crippen LogP contribution in [0.15, 0.2) is 60.7 Å². The summed E-state index contributed by atoms with van der Waals surface area (Å²) in [6.45, 7) is 3.07. The first-order valence-corrected chi connectivity index (χ1v) is 11.2. The van der Waals surface area contributed by atoms with E-state index in [0.29, 0.717) is 26.1 Å². The molecule has 32 heavy (non-hydrogen) atoms. The van der Waals surface area contributed by atoms with Crippen LogP contribution in [0.3, 0.4) is 0 Å². The maximum atomic E-state index is 13.2. The Hall–Kier alpha value is -3.48. The lowest BCUT2D eigenvalue weighted by Crippen LogP contribution is -2.43. The van der Waals surface area contributed by atoms with Crippen molar-refractivity contribution in [1.82, 2.24) is 19.7 Å². The predicted octanol–water partition coefficient (Wildman–Crippen LogP) is 3.47. The molecule has 1 aromatic heterocycles. The summed E-state index contributed by atoms with van der Waals surface area (Å²) in [5, 5.41) is 4.57. The molecule has 1 saturated heterocycles. The number of para-hydroxylation sites is 1. The second-order valence-electron chi connectivity index (χ2n) is 7.93. The maximum Gasteiger partial charge on any atom is 0.310 e. The highest BCUT2D eigenvalue weighted by atomic mass is 16.5. The van der Waals surface area contributed by atoms with Gasteiger partial charge in [0.15, 0.2) is 0 Å². The summed E-state index contributed by atoms with van der Waals surface area (Å²) in [6.07, 6.45) is 2.95. The van der Waals surface area contributed by atoms with Gasteiger partial charge < -0.3 is 9.64 Å². The second-order valence-corrected chi connectivity index (χ2v) is 7.93. The number of esters is 1. The van der Waals surface area contributed by atoms with Crippen LogP contribution in [0.25, 0.3) is 5.69 Å². The quantitative estimate of drug-likeness (QED) is 0.535. The van der Waals surface area contributed by atoms with Gasteiger partial charge in [-0.2, -0.15) is 0 Å². The van der Waals surface area contributed by atoms with Crippen LogP contribution in [0.5, 0.6) is 0 Å². The highest BCUT2D eigenvalue weighted by molar-refractivity contribution is 5.91. The van der Waals surface area contributed by atoms with Gasteiger partial charge in [-0.15, -0.1) is 5.10 Å². The van der Waals surface area contributed by atoms with E-state index in [1.165, 1.54) is 5.56 Å². The average Bonchev–Trinajstić information content (AvgIpc) is 3.28. The minimum Gasteiger partial charge on any atom is -0.466 e. The Bertz CT molecular complexity index is 1050. The molecule has 0 bridgehead atoms. The third-order valence-electron chi connectivity index (χ3n) is 5.67. The van der Waals surface area contributed by atoms with E-state index < -0.39 is 0 Å². The molecule has 0 radical (unpaired) electrons. The molecule has 4 rings (SSSR count). The molecule has 0 saturated carbocycles. The first kappa shape index (κ1) is 21.7.